The van der Waals surface area contributed by atoms with Crippen molar-refractivity contribution >= 4 is 0 Å². The van der Waals surface area contributed by atoms with Crippen molar-refractivity contribution in [3.05, 3.63) is 0 Å². The van der Waals surface area contributed by atoms with E-state index in [1.807, 2.05) is 0 Å². The zero-order valence-corrected chi connectivity index (χ0v) is 7.45. The monoisotopic (exact) mass is 176 g/mol. The zero-order valence-electron chi connectivity index (χ0n) is 7.45. The van der Waals surface area contributed by atoms with Crippen molar-refractivity contribution in [2.24, 2.45) is 5.92 Å². The molecule has 0 aliphatic carbocycles. The summed E-state index contributed by atoms with van der Waals surface area (Å²) in [7, 11) is 0. The van der Waals surface area contributed by atoms with Crippen LogP contribution in [0, 0.1) is 39.9 Å². The molecule has 0 aromatic rings. The van der Waals surface area contributed by atoms with Gasteiger partial charge in [-0.05, 0) is 25.9 Å². The lowest BCUT2D eigenvalue weighted by Gasteiger charge is -2.08. The molecule has 0 aromatic carbocycles. The Labute approximate surface area is 78.4 Å². The number of rotatable bonds is 0. The zero-order chi connectivity index (χ0) is 9.94. The summed E-state index contributed by atoms with van der Waals surface area (Å²) < 4.78 is 0. The van der Waals surface area contributed by atoms with Crippen molar-refractivity contribution in [1.29, 1.82) is 15.8 Å². The molecule has 68 valence electrons. The molecule has 0 spiro atoms. The summed E-state index contributed by atoms with van der Waals surface area (Å²) in [5.41, 5.74) is 0. The first kappa shape index (κ1) is 11.4. The molecular formula is C9H12N4. The van der Waals surface area contributed by atoms with E-state index in [0.29, 0.717) is 0 Å². The van der Waals surface area contributed by atoms with E-state index >= 15 is 0 Å². The Balaban J connectivity index is 0.000000223. The van der Waals surface area contributed by atoms with Gasteiger partial charge in [-0.2, -0.15) is 15.8 Å². The van der Waals surface area contributed by atoms with Crippen LogP contribution in [0.5, 0.6) is 0 Å². The summed E-state index contributed by atoms with van der Waals surface area (Å²) in [5, 5.41) is 26.8. The van der Waals surface area contributed by atoms with Crippen molar-refractivity contribution in [3.8, 4) is 18.2 Å². The highest BCUT2D eigenvalue weighted by Gasteiger charge is 1.97. The predicted octanol–water partition coefficient (Wildman–Crippen LogP) is 0.933. The third-order valence-electron chi connectivity index (χ3n) is 1.59. The van der Waals surface area contributed by atoms with Crippen LogP contribution >= 0.6 is 0 Å². The Morgan fingerprint density at radius 1 is 0.846 bits per heavy atom. The van der Waals surface area contributed by atoms with Gasteiger partial charge in [0.1, 0.15) is 0 Å². The molecule has 0 atom stereocenters. The van der Waals surface area contributed by atoms with Crippen LogP contribution in [0.1, 0.15) is 19.3 Å². The number of nitriles is 3. The molecule has 0 aromatic heterocycles. The Hall–Kier alpha value is -1.57. The van der Waals surface area contributed by atoms with Crippen LogP contribution in [0.25, 0.3) is 0 Å². The van der Waals surface area contributed by atoms with E-state index in [1.54, 1.807) is 0 Å². The highest BCUT2D eigenvalue weighted by Crippen LogP contribution is 1.96. The topological polar surface area (TPSA) is 83.4 Å². The second-order valence-corrected chi connectivity index (χ2v) is 2.63. The molecule has 13 heavy (non-hydrogen) atoms. The Morgan fingerprint density at radius 2 is 1.31 bits per heavy atom. The van der Waals surface area contributed by atoms with Crippen LogP contribution in [0.4, 0.5) is 0 Å². The molecule has 1 N–H and O–H groups in total. The summed E-state index contributed by atoms with van der Waals surface area (Å²) in [6.07, 6.45) is 4.22. The van der Waals surface area contributed by atoms with E-state index in [1.165, 1.54) is 50.6 Å². The molecule has 1 fully saturated rings. The molecule has 0 radical (unpaired) electrons. The number of piperidine rings is 1. The first-order chi connectivity index (χ1) is 6.35. The fraction of sp³-hybridized carbons (Fsp3) is 0.667. The van der Waals surface area contributed by atoms with Crippen LogP contribution in [-0.4, -0.2) is 13.1 Å². The first-order valence-corrected chi connectivity index (χ1v) is 4.24. The van der Waals surface area contributed by atoms with E-state index in [2.05, 4.69) is 5.32 Å². The lowest BCUT2D eigenvalue weighted by atomic mass is 10.2. The van der Waals surface area contributed by atoms with Gasteiger partial charge in [-0.3, -0.25) is 0 Å². The molecule has 4 nitrogen and oxygen atoms in total. The van der Waals surface area contributed by atoms with Gasteiger partial charge in [0.15, 0.2) is 0 Å². The maximum atomic E-state index is 7.83. The molecule has 1 saturated heterocycles. The maximum Gasteiger partial charge on any atom is 0.218 e. The molecule has 4 heteroatoms. The summed E-state index contributed by atoms with van der Waals surface area (Å²) in [4.78, 5) is 0. The van der Waals surface area contributed by atoms with Gasteiger partial charge in [0.25, 0.3) is 0 Å². The predicted molar refractivity (Wildman–Crippen MR) is 47.0 cm³/mol. The van der Waals surface area contributed by atoms with Crippen LogP contribution in [0.15, 0.2) is 0 Å². The molecule has 0 bridgehead atoms. The van der Waals surface area contributed by atoms with Crippen molar-refractivity contribution < 1.29 is 0 Å². The number of nitrogens with one attached hydrogen (secondary N) is 1. The summed E-state index contributed by atoms with van der Waals surface area (Å²) in [6.45, 7) is 2.50. The van der Waals surface area contributed by atoms with E-state index in [4.69, 9.17) is 15.8 Å². The van der Waals surface area contributed by atoms with Crippen molar-refractivity contribution in [2.45, 2.75) is 19.3 Å². The fourth-order valence-electron chi connectivity index (χ4n) is 0.888. The van der Waals surface area contributed by atoms with E-state index in [9.17, 15) is 0 Å². The smallest absolute Gasteiger partial charge is 0.218 e. The molecule has 1 rings (SSSR count). The van der Waals surface area contributed by atoms with Gasteiger partial charge in [-0.25, -0.2) is 0 Å². The molecule has 1 aliphatic rings. The highest BCUT2D eigenvalue weighted by atomic mass is 14.9. The Kier molecular flexibility index (Phi) is 7.50. The first-order valence-electron chi connectivity index (χ1n) is 4.24. The number of hydrogen-bond donors (Lipinski definition) is 1. The van der Waals surface area contributed by atoms with E-state index < -0.39 is 5.92 Å². The largest absolute Gasteiger partial charge is 0.317 e. The SMILES string of the molecule is C1CCNCC1.N#CC(C#N)C#N. The quantitative estimate of drug-likeness (QED) is 0.595. The van der Waals surface area contributed by atoms with E-state index in [0.717, 1.165) is 0 Å². The molecule has 1 aliphatic heterocycles. The minimum absolute atomic E-state index is 1.10. The average molecular weight is 176 g/mol. The summed E-state index contributed by atoms with van der Waals surface area (Å²) in [6, 6.07) is 4.44. The van der Waals surface area contributed by atoms with Gasteiger partial charge >= 0.3 is 0 Å². The molecule has 0 amide bonds. The Morgan fingerprint density at radius 3 is 1.38 bits per heavy atom. The fourth-order valence-corrected chi connectivity index (χ4v) is 0.888. The lowest BCUT2D eigenvalue weighted by molar-refractivity contribution is 0.520. The molecular weight excluding hydrogens is 164 g/mol. The van der Waals surface area contributed by atoms with Gasteiger partial charge in [-0.15, -0.1) is 0 Å². The summed E-state index contributed by atoms with van der Waals surface area (Å²) >= 11 is 0. The minimum Gasteiger partial charge on any atom is -0.317 e. The molecule has 1 heterocycles. The van der Waals surface area contributed by atoms with Crippen LogP contribution < -0.4 is 5.32 Å². The maximum absolute atomic E-state index is 7.83. The van der Waals surface area contributed by atoms with Crippen LogP contribution in [0.2, 0.25) is 0 Å². The Bertz CT molecular complexity index is 191. The van der Waals surface area contributed by atoms with Gasteiger partial charge in [0, 0.05) is 0 Å². The van der Waals surface area contributed by atoms with Crippen molar-refractivity contribution in [2.75, 3.05) is 13.1 Å². The minimum atomic E-state index is -1.10. The number of hydrogen-bond acceptors (Lipinski definition) is 4. The van der Waals surface area contributed by atoms with Crippen LogP contribution in [0.3, 0.4) is 0 Å². The molecule has 0 saturated carbocycles. The summed E-state index contributed by atoms with van der Waals surface area (Å²) in [5.74, 6) is -1.10. The van der Waals surface area contributed by atoms with Gasteiger partial charge in [-0.1, -0.05) is 6.42 Å². The lowest BCUT2D eigenvalue weighted by Crippen LogP contribution is -2.21. The second kappa shape index (κ2) is 8.53. The molecule has 0 unspecified atom stereocenters. The van der Waals surface area contributed by atoms with Crippen LogP contribution in [-0.2, 0) is 0 Å². The standard InChI is InChI=1S/C5H11N.C4HN3/c1-2-4-6-5-3-1;5-1-4(2-6)3-7/h6H,1-5H2;4H. The third-order valence-corrected chi connectivity index (χ3v) is 1.59. The van der Waals surface area contributed by atoms with Gasteiger partial charge in [0.05, 0.1) is 18.2 Å². The van der Waals surface area contributed by atoms with Crippen molar-refractivity contribution in [1.82, 2.24) is 5.32 Å². The van der Waals surface area contributed by atoms with Gasteiger partial charge < -0.3 is 5.32 Å². The van der Waals surface area contributed by atoms with Gasteiger partial charge in [0.2, 0.25) is 5.92 Å². The normalized spacial score (nSPS) is 14.3. The second-order valence-electron chi connectivity index (χ2n) is 2.63. The van der Waals surface area contributed by atoms with Crippen molar-refractivity contribution in [3.63, 3.8) is 0 Å². The number of nitrogens with zero attached hydrogens (tertiary/aromatic N) is 3. The average Bonchev–Trinajstić information content (AvgIpc) is 2.24. The van der Waals surface area contributed by atoms with E-state index in [-0.39, 0.29) is 0 Å². The highest BCUT2D eigenvalue weighted by molar-refractivity contribution is 5.11. The third kappa shape index (κ3) is 6.81.